The summed E-state index contributed by atoms with van der Waals surface area (Å²) in [4.78, 5) is 0. The second kappa shape index (κ2) is 7.44. The molecule has 0 aliphatic heterocycles. The van der Waals surface area contributed by atoms with Crippen LogP contribution in [0.5, 0.6) is 0 Å². The summed E-state index contributed by atoms with van der Waals surface area (Å²) in [5.41, 5.74) is 11.0. The average molecular weight is 399 g/mol. The molecule has 0 aliphatic carbocycles. The fourth-order valence-corrected chi connectivity index (χ4v) is 4.32. The molecule has 0 atom stereocenters. The van der Waals surface area contributed by atoms with E-state index < -0.39 is 0 Å². The molecule has 0 unspecified atom stereocenters. The fourth-order valence-electron chi connectivity index (χ4n) is 4.32. The molecule has 3 aromatic rings. The lowest BCUT2D eigenvalue weighted by Crippen LogP contribution is -2.48. The van der Waals surface area contributed by atoms with Gasteiger partial charge >= 0.3 is 0 Å². The van der Waals surface area contributed by atoms with E-state index in [2.05, 4.69) is 115 Å². The zero-order valence-electron chi connectivity index (χ0n) is 20.4. The van der Waals surface area contributed by atoms with Gasteiger partial charge in [0, 0.05) is 0 Å². The van der Waals surface area contributed by atoms with Gasteiger partial charge in [-0.3, -0.25) is 0 Å². The monoisotopic (exact) mass is 399 g/mol. The van der Waals surface area contributed by atoms with Crippen LogP contribution in [0.25, 0.3) is 11.4 Å². The van der Waals surface area contributed by atoms with E-state index in [0.717, 1.165) is 5.72 Å². The third-order valence-electron chi connectivity index (χ3n) is 6.05. The maximum absolute atomic E-state index is 6.72. The lowest BCUT2D eigenvalue weighted by molar-refractivity contribution is -0.576. The molecule has 0 fully saturated rings. The predicted octanol–water partition coefficient (Wildman–Crippen LogP) is 5.38. The Morgan fingerprint density at radius 3 is 1.50 bits per heavy atom. The molecule has 0 saturated carbocycles. The summed E-state index contributed by atoms with van der Waals surface area (Å²) in [5, 5.41) is 0. The van der Waals surface area contributed by atoms with Gasteiger partial charge in [0.2, 0.25) is 0 Å². The van der Waals surface area contributed by atoms with E-state index in [1.807, 2.05) is 0 Å². The van der Waals surface area contributed by atoms with E-state index >= 15 is 0 Å². The highest BCUT2D eigenvalue weighted by atomic mass is 15.1. The molecular weight excluding hydrogens is 363 g/mol. The summed E-state index contributed by atoms with van der Waals surface area (Å²) < 4.78 is 4.24. The minimum atomic E-state index is 0.124. The SMILES string of the molecule is [B-]c1n(-c2c(C)cc(C(C)(C)C)cc2C)cc[n+]1-c1c(C)cc(C(C)(C)C)cc1C. The molecule has 0 aliphatic rings. The second-order valence-electron chi connectivity index (χ2n) is 10.8. The first-order chi connectivity index (χ1) is 13.7. The van der Waals surface area contributed by atoms with Crippen LogP contribution in [0.1, 0.15) is 74.9 Å². The highest BCUT2D eigenvalue weighted by molar-refractivity contribution is 6.28. The van der Waals surface area contributed by atoms with Crippen LogP contribution in [-0.2, 0) is 10.8 Å². The Balaban J connectivity index is 2.15. The number of aryl methyl sites for hydroxylation is 4. The fraction of sp³-hybridized carbons (Fsp3) is 0.444. The van der Waals surface area contributed by atoms with Gasteiger partial charge in [-0.05, 0) is 77.6 Å². The highest BCUT2D eigenvalue weighted by Crippen LogP contribution is 2.29. The van der Waals surface area contributed by atoms with Crippen molar-refractivity contribution in [3.63, 3.8) is 0 Å². The molecule has 0 N–H and O–H groups in total. The molecule has 3 heteroatoms. The highest BCUT2D eigenvalue weighted by Gasteiger charge is 2.22. The van der Waals surface area contributed by atoms with E-state index in [0.29, 0.717) is 0 Å². The molecule has 0 spiro atoms. The summed E-state index contributed by atoms with van der Waals surface area (Å²) in [5.74, 6) is 0. The first-order valence-corrected chi connectivity index (χ1v) is 10.8. The van der Waals surface area contributed by atoms with Gasteiger partial charge in [0.1, 0.15) is 23.8 Å². The molecule has 3 radical (unpaired) electrons. The first kappa shape index (κ1) is 22.4. The summed E-state index contributed by atoms with van der Waals surface area (Å²) in [7, 11) is 6.72. The van der Waals surface area contributed by atoms with Crippen LogP contribution in [0.4, 0.5) is 0 Å². The second-order valence-corrected chi connectivity index (χ2v) is 10.8. The largest absolute Gasteiger partial charge is 0.457 e. The smallest absolute Gasteiger partial charge is 0.134 e. The average Bonchev–Trinajstić information content (AvgIpc) is 2.93. The lowest BCUT2D eigenvalue weighted by Gasteiger charge is -2.23. The Labute approximate surface area is 184 Å². The van der Waals surface area contributed by atoms with Gasteiger partial charge in [-0.1, -0.05) is 65.8 Å². The number of nitrogens with zero attached hydrogens (tertiary/aromatic N) is 2. The number of aromatic nitrogens is 2. The molecule has 2 aromatic carbocycles. The van der Waals surface area contributed by atoms with Crippen LogP contribution in [0, 0.1) is 27.7 Å². The summed E-state index contributed by atoms with van der Waals surface area (Å²) in [6.07, 6.45) is 4.16. The molecule has 1 heterocycles. The molecule has 2 nitrogen and oxygen atoms in total. The van der Waals surface area contributed by atoms with E-state index in [4.69, 9.17) is 7.85 Å². The van der Waals surface area contributed by atoms with Gasteiger partial charge < -0.3 is 7.85 Å². The topological polar surface area (TPSA) is 8.81 Å². The van der Waals surface area contributed by atoms with E-state index in [1.165, 1.54) is 44.8 Å². The van der Waals surface area contributed by atoms with Crippen molar-refractivity contribution < 1.29 is 4.57 Å². The van der Waals surface area contributed by atoms with Crippen LogP contribution in [0.2, 0.25) is 0 Å². The van der Waals surface area contributed by atoms with E-state index in [9.17, 15) is 0 Å². The van der Waals surface area contributed by atoms with Crippen LogP contribution in [-0.4, -0.2) is 12.4 Å². The third-order valence-corrected chi connectivity index (χ3v) is 6.05. The van der Waals surface area contributed by atoms with Gasteiger partial charge in [0.25, 0.3) is 0 Å². The lowest BCUT2D eigenvalue weighted by atomic mass is 9.84. The van der Waals surface area contributed by atoms with Gasteiger partial charge in [-0.15, -0.1) is 0 Å². The molecule has 30 heavy (non-hydrogen) atoms. The molecule has 0 saturated heterocycles. The zero-order chi connectivity index (χ0) is 22.6. The number of benzene rings is 2. The number of rotatable bonds is 2. The van der Waals surface area contributed by atoms with Gasteiger partial charge in [-0.25, -0.2) is 9.13 Å². The van der Waals surface area contributed by atoms with Crippen LogP contribution >= 0.6 is 0 Å². The minimum absolute atomic E-state index is 0.124. The number of hydrogen-bond donors (Lipinski definition) is 0. The molecular formula is C27H36BN2. The number of imidazole rings is 1. The van der Waals surface area contributed by atoms with Crippen molar-refractivity contribution in [1.82, 2.24) is 4.57 Å². The Bertz CT molecular complexity index is 972. The Hall–Kier alpha value is -2.29. The number of hydrogen-bond acceptors (Lipinski definition) is 0. The van der Waals surface area contributed by atoms with Crippen molar-refractivity contribution in [3.05, 3.63) is 70.0 Å². The van der Waals surface area contributed by atoms with Crippen LogP contribution < -0.4 is 10.3 Å². The molecule has 3 rings (SSSR count). The van der Waals surface area contributed by atoms with Crippen molar-refractivity contribution in [2.24, 2.45) is 0 Å². The van der Waals surface area contributed by atoms with Crippen LogP contribution in [0.3, 0.4) is 0 Å². The normalized spacial score (nSPS) is 12.5. The first-order valence-electron chi connectivity index (χ1n) is 10.8. The molecule has 157 valence electrons. The van der Waals surface area contributed by atoms with Crippen molar-refractivity contribution in [3.8, 4) is 11.4 Å². The van der Waals surface area contributed by atoms with Gasteiger partial charge in [-0.2, -0.15) is 0 Å². The summed E-state index contributed by atoms with van der Waals surface area (Å²) >= 11 is 0. The Kier molecular flexibility index (Phi) is 5.56. The molecule has 0 amide bonds. The van der Waals surface area contributed by atoms with Crippen LogP contribution in [0.15, 0.2) is 36.7 Å². The van der Waals surface area contributed by atoms with E-state index in [1.54, 1.807) is 0 Å². The quantitative estimate of drug-likeness (QED) is 0.404. The van der Waals surface area contributed by atoms with Crippen molar-refractivity contribution in [1.29, 1.82) is 0 Å². The van der Waals surface area contributed by atoms with Gasteiger partial charge in [0.05, 0.1) is 0 Å². The predicted molar refractivity (Wildman–Crippen MR) is 129 cm³/mol. The van der Waals surface area contributed by atoms with E-state index in [-0.39, 0.29) is 10.8 Å². The summed E-state index contributed by atoms with van der Waals surface area (Å²) in [6.45, 7) is 22.2. The van der Waals surface area contributed by atoms with Gasteiger partial charge in [0.15, 0.2) is 0 Å². The van der Waals surface area contributed by atoms with Crippen molar-refractivity contribution in [2.75, 3.05) is 0 Å². The molecule has 0 bridgehead atoms. The Morgan fingerprint density at radius 1 is 0.700 bits per heavy atom. The van der Waals surface area contributed by atoms with Crippen molar-refractivity contribution >= 4 is 13.6 Å². The zero-order valence-corrected chi connectivity index (χ0v) is 20.4. The maximum Gasteiger partial charge on any atom is 0.134 e. The third kappa shape index (κ3) is 3.99. The maximum atomic E-state index is 6.72. The Morgan fingerprint density at radius 2 is 1.10 bits per heavy atom. The standard InChI is InChI=1S/C27H36BN2/c1-17-13-21(26(5,6)7)14-18(2)23(17)29-11-12-30(25(29)28)24-19(3)15-22(16-20(24)4)27(8,9)10/h11-16H,1-10H3. The summed E-state index contributed by atoms with van der Waals surface area (Å²) in [6, 6.07) is 9.17. The van der Waals surface area contributed by atoms with Crippen molar-refractivity contribution in [2.45, 2.75) is 80.1 Å². The minimum Gasteiger partial charge on any atom is -0.457 e. The molecule has 1 aromatic heterocycles.